The summed E-state index contributed by atoms with van der Waals surface area (Å²) < 4.78 is 0.994. The first kappa shape index (κ1) is 18.5. The van der Waals surface area contributed by atoms with Crippen molar-refractivity contribution < 1.29 is 4.79 Å². The van der Waals surface area contributed by atoms with Gasteiger partial charge in [0.25, 0.3) is 0 Å². The van der Waals surface area contributed by atoms with E-state index in [0.29, 0.717) is 5.92 Å². The average molecular weight is 376 g/mol. The Balaban J connectivity index is 0.00000220. The van der Waals surface area contributed by atoms with Crippen molar-refractivity contribution in [2.75, 3.05) is 13.1 Å². The van der Waals surface area contributed by atoms with E-state index in [4.69, 9.17) is 5.73 Å². The lowest BCUT2D eigenvalue weighted by atomic mass is 9.91. The fourth-order valence-electron chi connectivity index (χ4n) is 2.71. The molecule has 2 rings (SSSR count). The summed E-state index contributed by atoms with van der Waals surface area (Å²) in [6, 6.07) is 7.70. The van der Waals surface area contributed by atoms with E-state index in [-0.39, 0.29) is 18.3 Å². The Morgan fingerprint density at radius 3 is 2.52 bits per heavy atom. The Morgan fingerprint density at radius 1 is 1.29 bits per heavy atom. The van der Waals surface area contributed by atoms with Gasteiger partial charge in [-0.15, -0.1) is 12.4 Å². The van der Waals surface area contributed by atoms with Crippen molar-refractivity contribution in [3.05, 3.63) is 34.3 Å². The summed E-state index contributed by atoms with van der Waals surface area (Å²) in [5.41, 5.74) is 6.26. The highest BCUT2D eigenvalue weighted by molar-refractivity contribution is 9.10. The predicted molar refractivity (Wildman–Crippen MR) is 92.5 cm³/mol. The Bertz CT molecular complexity index is 476. The first-order valence-electron chi connectivity index (χ1n) is 7.25. The average Bonchev–Trinajstić information content (AvgIpc) is 2.63. The summed E-state index contributed by atoms with van der Waals surface area (Å²) in [5.74, 6) is 0.735. The molecule has 0 aliphatic carbocycles. The lowest BCUT2D eigenvalue weighted by Gasteiger charge is -2.31. The quantitative estimate of drug-likeness (QED) is 0.857. The second-order valence-electron chi connectivity index (χ2n) is 6.04. The molecule has 0 bridgehead atoms. The summed E-state index contributed by atoms with van der Waals surface area (Å²) in [4.78, 5) is 14.7. The lowest BCUT2D eigenvalue weighted by molar-refractivity contribution is -0.136. The third-order valence-corrected chi connectivity index (χ3v) is 4.72. The van der Waals surface area contributed by atoms with E-state index in [9.17, 15) is 4.79 Å². The third kappa shape index (κ3) is 4.44. The Labute approximate surface area is 141 Å². The molecule has 0 aromatic heterocycles. The molecule has 1 aromatic carbocycles. The minimum atomic E-state index is -0.950. The molecule has 3 nitrogen and oxygen atoms in total. The molecule has 2 unspecified atom stereocenters. The number of benzene rings is 1. The third-order valence-electron chi connectivity index (χ3n) is 4.19. The summed E-state index contributed by atoms with van der Waals surface area (Å²) in [5, 5.41) is 0. The lowest BCUT2D eigenvalue weighted by Crippen LogP contribution is -2.51. The maximum Gasteiger partial charge on any atom is 0.246 e. The molecule has 0 saturated carbocycles. The van der Waals surface area contributed by atoms with Gasteiger partial charge < -0.3 is 10.6 Å². The Morgan fingerprint density at radius 2 is 1.90 bits per heavy atom. The van der Waals surface area contributed by atoms with Crippen molar-refractivity contribution in [3.8, 4) is 0 Å². The highest BCUT2D eigenvalue weighted by Crippen LogP contribution is 2.25. The first-order valence-corrected chi connectivity index (χ1v) is 8.05. The molecular weight excluding hydrogens is 352 g/mol. The van der Waals surface area contributed by atoms with Gasteiger partial charge in [0, 0.05) is 17.6 Å². The van der Waals surface area contributed by atoms with Crippen molar-refractivity contribution in [2.45, 2.75) is 38.6 Å². The molecule has 21 heavy (non-hydrogen) atoms. The van der Waals surface area contributed by atoms with Crippen LogP contribution in [-0.4, -0.2) is 23.9 Å². The van der Waals surface area contributed by atoms with Gasteiger partial charge in [0.1, 0.15) is 5.54 Å². The second kappa shape index (κ2) is 7.61. The van der Waals surface area contributed by atoms with Crippen LogP contribution in [0.1, 0.15) is 38.7 Å². The first-order chi connectivity index (χ1) is 9.41. The normalized spacial score (nSPS) is 21.9. The van der Waals surface area contributed by atoms with E-state index >= 15 is 0 Å². The number of hydrogen-bond acceptors (Lipinski definition) is 2. The highest BCUT2D eigenvalue weighted by Gasteiger charge is 2.34. The van der Waals surface area contributed by atoms with Gasteiger partial charge in [0.2, 0.25) is 5.91 Å². The van der Waals surface area contributed by atoms with Crippen LogP contribution in [0.5, 0.6) is 0 Å². The number of nitrogens with zero attached hydrogens (tertiary/aromatic N) is 1. The maximum absolute atomic E-state index is 12.8. The van der Waals surface area contributed by atoms with Gasteiger partial charge in [-0.2, -0.15) is 0 Å². The van der Waals surface area contributed by atoms with Crippen LogP contribution >= 0.6 is 28.3 Å². The molecule has 2 atom stereocenters. The van der Waals surface area contributed by atoms with Crippen molar-refractivity contribution in [1.82, 2.24) is 4.90 Å². The molecule has 1 aliphatic heterocycles. The zero-order chi connectivity index (χ0) is 14.8. The number of carbonyl (C=O) groups is 1. The van der Waals surface area contributed by atoms with Gasteiger partial charge in [-0.05, 0) is 49.8 Å². The Kier molecular flexibility index (Phi) is 6.70. The van der Waals surface area contributed by atoms with Crippen LogP contribution in [0.2, 0.25) is 0 Å². The van der Waals surface area contributed by atoms with Crippen LogP contribution in [0.25, 0.3) is 0 Å². The van der Waals surface area contributed by atoms with Crippen molar-refractivity contribution in [3.63, 3.8) is 0 Å². The number of carbonyl (C=O) groups excluding carboxylic acids is 1. The minimum absolute atomic E-state index is 0. The molecule has 1 aliphatic rings. The molecule has 1 aromatic rings. The van der Waals surface area contributed by atoms with Crippen molar-refractivity contribution in [1.29, 1.82) is 0 Å². The SMILES string of the molecule is CC1CCCN(C(=O)C(C)(N)c2ccc(Br)cc2)CC1.Cl. The molecule has 2 N–H and O–H groups in total. The van der Waals surface area contributed by atoms with E-state index in [1.165, 1.54) is 6.42 Å². The van der Waals surface area contributed by atoms with Gasteiger partial charge in [0.15, 0.2) is 0 Å². The van der Waals surface area contributed by atoms with E-state index in [2.05, 4.69) is 22.9 Å². The molecule has 1 amide bonds. The van der Waals surface area contributed by atoms with Gasteiger partial charge in [-0.25, -0.2) is 0 Å². The molecule has 118 valence electrons. The van der Waals surface area contributed by atoms with Crippen LogP contribution in [0.15, 0.2) is 28.7 Å². The van der Waals surface area contributed by atoms with E-state index < -0.39 is 5.54 Å². The van der Waals surface area contributed by atoms with Crippen molar-refractivity contribution >= 4 is 34.2 Å². The van der Waals surface area contributed by atoms with Crippen LogP contribution < -0.4 is 5.73 Å². The number of rotatable bonds is 2. The largest absolute Gasteiger partial charge is 0.341 e. The number of amides is 1. The van der Waals surface area contributed by atoms with E-state index in [1.54, 1.807) is 0 Å². The van der Waals surface area contributed by atoms with Gasteiger partial charge in [0.05, 0.1) is 0 Å². The molecule has 1 fully saturated rings. The molecule has 5 heteroatoms. The standard InChI is InChI=1S/C16H23BrN2O.ClH/c1-12-4-3-10-19(11-9-12)15(20)16(2,18)13-5-7-14(17)8-6-13;/h5-8,12H,3-4,9-11,18H2,1-2H3;1H. The summed E-state index contributed by atoms with van der Waals surface area (Å²) in [7, 11) is 0. The van der Waals surface area contributed by atoms with Crippen LogP contribution in [-0.2, 0) is 10.3 Å². The fraction of sp³-hybridized carbons (Fsp3) is 0.562. The number of hydrogen-bond donors (Lipinski definition) is 1. The second-order valence-corrected chi connectivity index (χ2v) is 6.95. The fourth-order valence-corrected chi connectivity index (χ4v) is 2.98. The zero-order valence-electron chi connectivity index (χ0n) is 12.6. The minimum Gasteiger partial charge on any atom is -0.341 e. The highest BCUT2D eigenvalue weighted by atomic mass is 79.9. The molecule has 1 heterocycles. The molecular formula is C16H24BrClN2O. The van der Waals surface area contributed by atoms with Gasteiger partial charge in [-0.3, -0.25) is 4.79 Å². The molecule has 1 saturated heterocycles. The maximum atomic E-state index is 12.8. The summed E-state index contributed by atoms with van der Waals surface area (Å²) >= 11 is 3.41. The van der Waals surface area contributed by atoms with Crippen molar-refractivity contribution in [2.24, 2.45) is 11.7 Å². The summed E-state index contributed by atoms with van der Waals surface area (Å²) in [6.07, 6.45) is 3.34. The topological polar surface area (TPSA) is 46.3 Å². The van der Waals surface area contributed by atoms with Crippen LogP contribution in [0.4, 0.5) is 0 Å². The predicted octanol–water partition coefficient (Wildman–Crippen LogP) is 3.69. The van der Waals surface area contributed by atoms with Gasteiger partial charge >= 0.3 is 0 Å². The number of nitrogens with two attached hydrogens (primary N) is 1. The monoisotopic (exact) mass is 374 g/mol. The smallest absolute Gasteiger partial charge is 0.246 e. The molecule has 0 radical (unpaired) electrons. The van der Waals surface area contributed by atoms with Crippen LogP contribution in [0.3, 0.4) is 0 Å². The molecule has 0 spiro atoms. The van der Waals surface area contributed by atoms with E-state index in [0.717, 1.165) is 36.0 Å². The Hall–Kier alpha value is -0.580. The number of likely N-dealkylation sites (tertiary alicyclic amines) is 1. The van der Waals surface area contributed by atoms with Crippen LogP contribution in [0, 0.1) is 5.92 Å². The van der Waals surface area contributed by atoms with E-state index in [1.807, 2.05) is 36.1 Å². The van der Waals surface area contributed by atoms with Gasteiger partial charge in [-0.1, -0.05) is 35.0 Å². The summed E-state index contributed by atoms with van der Waals surface area (Å²) in [6.45, 7) is 5.72. The number of halogens is 2. The zero-order valence-corrected chi connectivity index (χ0v) is 15.0.